The lowest BCUT2D eigenvalue weighted by Gasteiger charge is -2.56. The van der Waals surface area contributed by atoms with E-state index in [1.807, 2.05) is 24.3 Å². The number of aryl methyl sites for hydroxylation is 1. The molecule has 1 aromatic heterocycles. The summed E-state index contributed by atoms with van der Waals surface area (Å²) in [6.45, 7) is -0.305. The van der Waals surface area contributed by atoms with Crippen LogP contribution in [0, 0.1) is 17.8 Å². The van der Waals surface area contributed by atoms with Gasteiger partial charge in [-0.3, -0.25) is 14.5 Å². The van der Waals surface area contributed by atoms with Crippen molar-refractivity contribution < 1.29 is 14.4 Å². The van der Waals surface area contributed by atoms with E-state index in [0.717, 1.165) is 52.3 Å². The first-order valence-electron chi connectivity index (χ1n) is 12.9. The van der Waals surface area contributed by atoms with E-state index in [4.69, 9.17) is 4.98 Å². The highest BCUT2D eigenvalue weighted by molar-refractivity contribution is 7.14. The van der Waals surface area contributed by atoms with Crippen molar-refractivity contribution in [2.24, 2.45) is 17.8 Å². The molecule has 0 radical (unpaired) electrons. The zero-order valence-corrected chi connectivity index (χ0v) is 20.5. The lowest BCUT2D eigenvalue weighted by atomic mass is 9.49. The molecule has 2 heterocycles. The van der Waals surface area contributed by atoms with Gasteiger partial charge in [0.2, 0.25) is 5.91 Å². The molecule has 4 amide bonds. The van der Waals surface area contributed by atoms with Crippen LogP contribution in [0.15, 0.2) is 29.6 Å². The highest BCUT2D eigenvalue weighted by Gasteiger charge is 2.55. The number of urea groups is 1. The molecule has 1 aromatic carbocycles. The molecule has 8 heteroatoms. The van der Waals surface area contributed by atoms with Crippen LogP contribution in [0.5, 0.6) is 0 Å². The van der Waals surface area contributed by atoms with Gasteiger partial charge in [0.15, 0.2) is 5.13 Å². The standard InChI is InChI=1S/C27H30N4O3S/c32-22(14-31-23(33)27(30-25(31)34)7-3-5-19-4-1-2-6-20(19)27)29-24-28-21(15-35-24)26-11-16-8-17(12-26)10-18(9-16)13-26/h1-2,4,6,15-18H,3,5,7-14H2,(H,30,34)(H,28,29,32). The highest BCUT2D eigenvalue weighted by atomic mass is 32.1. The molecule has 6 aliphatic rings. The Kier molecular flexibility index (Phi) is 4.69. The molecule has 2 aromatic rings. The lowest BCUT2D eigenvalue weighted by Crippen LogP contribution is -2.48. The summed E-state index contributed by atoms with van der Waals surface area (Å²) in [6, 6.07) is 7.27. The largest absolute Gasteiger partial charge is 0.325 e. The Morgan fingerprint density at radius 2 is 1.83 bits per heavy atom. The van der Waals surface area contributed by atoms with E-state index in [9.17, 15) is 14.4 Å². The van der Waals surface area contributed by atoms with Gasteiger partial charge >= 0.3 is 6.03 Å². The minimum Gasteiger partial charge on any atom is -0.319 e. The SMILES string of the molecule is O=C(CN1C(=O)NC2(CCCc3ccccc32)C1=O)Nc1nc(C23CC4CC(CC(C4)C2)C3)cs1. The predicted molar refractivity (Wildman–Crippen MR) is 132 cm³/mol. The maximum atomic E-state index is 13.5. The van der Waals surface area contributed by atoms with Crippen LogP contribution < -0.4 is 10.6 Å². The Morgan fingerprint density at radius 1 is 1.11 bits per heavy atom. The fourth-order valence-electron chi connectivity index (χ4n) is 8.26. The molecule has 1 aliphatic heterocycles. The molecule has 8 rings (SSSR count). The molecule has 4 bridgehead atoms. The molecular formula is C27H30N4O3S. The average Bonchev–Trinajstić information content (AvgIpc) is 3.38. The summed E-state index contributed by atoms with van der Waals surface area (Å²) in [6.07, 6.45) is 10.1. The summed E-state index contributed by atoms with van der Waals surface area (Å²) < 4.78 is 0. The molecule has 1 unspecified atom stereocenters. The monoisotopic (exact) mass is 490 g/mol. The van der Waals surface area contributed by atoms with E-state index in [2.05, 4.69) is 16.0 Å². The molecule has 2 N–H and O–H groups in total. The summed E-state index contributed by atoms with van der Waals surface area (Å²) in [5.41, 5.74) is 2.19. The molecule has 5 fully saturated rings. The first-order valence-corrected chi connectivity index (χ1v) is 13.8. The van der Waals surface area contributed by atoms with E-state index >= 15 is 0 Å². The van der Waals surface area contributed by atoms with Gasteiger partial charge in [0.05, 0.1) is 5.69 Å². The lowest BCUT2D eigenvalue weighted by molar-refractivity contribution is -0.134. The number of hydrogen-bond acceptors (Lipinski definition) is 5. The Balaban J connectivity index is 1.06. The minimum atomic E-state index is -1.06. The zero-order chi connectivity index (χ0) is 23.8. The van der Waals surface area contributed by atoms with Crippen LogP contribution in [-0.4, -0.2) is 34.3 Å². The van der Waals surface area contributed by atoms with Crippen LogP contribution in [0.3, 0.4) is 0 Å². The molecule has 1 atom stereocenters. The molecule has 1 spiro atoms. The first-order chi connectivity index (χ1) is 16.9. The van der Waals surface area contributed by atoms with E-state index in [0.29, 0.717) is 11.6 Å². The Hall–Kier alpha value is -2.74. The minimum absolute atomic E-state index is 0.180. The zero-order valence-electron chi connectivity index (χ0n) is 19.7. The number of aromatic nitrogens is 1. The van der Waals surface area contributed by atoms with Gasteiger partial charge in [-0.15, -0.1) is 11.3 Å². The van der Waals surface area contributed by atoms with Crippen molar-refractivity contribution in [3.05, 3.63) is 46.5 Å². The van der Waals surface area contributed by atoms with Crippen molar-refractivity contribution in [3.63, 3.8) is 0 Å². The van der Waals surface area contributed by atoms with E-state index in [1.165, 1.54) is 49.9 Å². The van der Waals surface area contributed by atoms with E-state index in [-0.39, 0.29) is 23.8 Å². The number of amides is 4. The van der Waals surface area contributed by atoms with Gasteiger partial charge in [-0.2, -0.15) is 0 Å². The van der Waals surface area contributed by atoms with Crippen LogP contribution in [-0.2, 0) is 27.0 Å². The summed E-state index contributed by atoms with van der Waals surface area (Å²) >= 11 is 1.45. The number of benzene rings is 1. The van der Waals surface area contributed by atoms with Gasteiger partial charge in [0.1, 0.15) is 12.1 Å². The molecule has 7 nitrogen and oxygen atoms in total. The third-order valence-electron chi connectivity index (χ3n) is 9.28. The second-order valence-corrected chi connectivity index (χ2v) is 12.4. The van der Waals surface area contributed by atoms with Crippen molar-refractivity contribution in [2.75, 3.05) is 11.9 Å². The van der Waals surface area contributed by atoms with Crippen molar-refractivity contribution >= 4 is 34.3 Å². The Bertz CT molecular complexity index is 1200. The molecule has 182 valence electrons. The number of nitrogens with one attached hydrogen (secondary N) is 2. The number of fused-ring (bicyclic) bond motifs is 2. The van der Waals surface area contributed by atoms with Gasteiger partial charge in [0.25, 0.3) is 5.91 Å². The van der Waals surface area contributed by atoms with E-state index < -0.39 is 11.6 Å². The summed E-state index contributed by atoms with van der Waals surface area (Å²) in [4.78, 5) is 45.1. The Morgan fingerprint density at radius 3 is 2.57 bits per heavy atom. The quantitative estimate of drug-likeness (QED) is 0.624. The maximum Gasteiger partial charge on any atom is 0.325 e. The summed E-state index contributed by atoms with van der Waals surface area (Å²) in [7, 11) is 0. The first kappa shape index (κ1) is 21.5. The average molecular weight is 491 g/mol. The number of imide groups is 1. The molecular weight excluding hydrogens is 460 g/mol. The molecule has 4 saturated carbocycles. The number of rotatable bonds is 4. The van der Waals surface area contributed by atoms with Crippen molar-refractivity contribution in [3.8, 4) is 0 Å². The number of nitrogens with zero attached hydrogens (tertiary/aromatic N) is 2. The van der Waals surface area contributed by atoms with Gasteiger partial charge in [0, 0.05) is 10.8 Å². The molecule has 35 heavy (non-hydrogen) atoms. The summed E-state index contributed by atoms with van der Waals surface area (Å²) in [5.74, 6) is 1.77. The van der Waals surface area contributed by atoms with Crippen LogP contribution >= 0.6 is 11.3 Å². The van der Waals surface area contributed by atoms with Crippen LogP contribution in [0.4, 0.5) is 9.93 Å². The predicted octanol–water partition coefficient (Wildman–Crippen LogP) is 4.33. The topological polar surface area (TPSA) is 91.4 Å². The number of thiazole rings is 1. The fourth-order valence-corrected chi connectivity index (χ4v) is 9.11. The van der Waals surface area contributed by atoms with Crippen LogP contribution in [0.2, 0.25) is 0 Å². The molecule has 1 saturated heterocycles. The third kappa shape index (κ3) is 3.29. The smallest absolute Gasteiger partial charge is 0.319 e. The number of anilines is 1. The fraction of sp³-hybridized carbons (Fsp3) is 0.556. The van der Waals surface area contributed by atoms with Crippen LogP contribution in [0.25, 0.3) is 0 Å². The third-order valence-corrected chi connectivity index (χ3v) is 10.0. The number of carbonyl (C=O) groups is 3. The highest BCUT2D eigenvalue weighted by Crippen LogP contribution is 2.60. The van der Waals surface area contributed by atoms with Crippen molar-refractivity contribution in [1.29, 1.82) is 0 Å². The van der Waals surface area contributed by atoms with E-state index in [1.54, 1.807) is 0 Å². The van der Waals surface area contributed by atoms with Gasteiger partial charge in [-0.1, -0.05) is 24.3 Å². The number of carbonyl (C=O) groups excluding carboxylic acids is 3. The van der Waals surface area contributed by atoms with Gasteiger partial charge in [-0.05, 0) is 86.7 Å². The number of hydrogen-bond donors (Lipinski definition) is 2. The second-order valence-electron chi connectivity index (χ2n) is 11.5. The van der Waals surface area contributed by atoms with Crippen molar-refractivity contribution in [1.82, 2.24) is 15.2 Å². The maximum absolute atomic E-state index is 13.5. The molecule has 5 aliphatic carbocycles. The van der Waals surface area contributed by atoms with Crippen molar-refractivity contribution in [2.45, 2.75) is 68.7 Å². The Labute approximate surface area is 208 Å². The van der Waals surface area contributed by atoms with Gasteiger partial charge in [-0.25, -0.2) is 9.78 Å². The normalized spacial score (nSPS) is 34.9. The van der Waals surface area contributed by atoms with Crippen LogP contribution in [0.1, 0.15) is 68.2 Å². The summed E-state index contributed by atoms with van der Waals surface area (Å²) in [5, 5.41) is 8.46. The van der Waals surface area contributed by atoms with Gasteiger partial charge < -0.3 is 10.6 Å². The second kappa shape index (κ2) is 7.63.